The van der Waals surface area contributed by atoms with Crippen molar-refractivity contribution in [3.05, 3.63) is 30.1 Å². The van der Waals surface area contributed by atoms with Gasteiger partial charge in [0.2, 0.25) is 0 Å². The van der Waals surface area contributed by atoms with Gasteiger partial charge in [-0.25, -0.2) is 0 Å². The van der Waals surface area contributed by atoms with Gasteiger partial charge in [-0.2, -0.15) is 0 Å². The van der Waals surface area contributed by atoms with E-state index in [0.29, 0.717) is 6.54 Å². The summed E-state index contributed by atoms with van der Waals surface area (Å²) in [6, 6.07) is 3.81. The Bertz CT molecular complexity index is 250. The lowest BCUT2D eigenvalue weighted by atomic mass is 10.2. The highest BCUT2D eigenvalue weighted by Crippen LogP contribution is 1.95. The van der Waals surface area contributed by atoms with Gasteiger partial charge in [0, 0.05) is 18.9 Å². The van der Waals surface area contributed by atoms with E-state index < -0.39 is 5.37 Å². The van der Waals surface area contributed by atoms with Crippen LogP contribution in [0.4, 0.5) is 4.79 Å². The van der Waals surface area contributed by atoms with Crippen molar-refractivity contribution in [2.45, 2.75) is 6.42 Å². The van der Waals surface area contributed by atoms with E-state index in [0.717, 1.165) is 12.0 Å². The normalized spacial score (nSPS) is 9.42. The van der Waals surface area contributed by atoms with Gasteiger partial charge < -0.3 is 5.32 Å². The van der Waals surface area contributed by atoms with Crippen molar-refractivity contribution < 1.29 is 4.79 Å². The Balaban J connectivity index is 2.29. The number of rotatable bonds is 3. The number of aromatic nitrogens is 1. The molecule has 0 aliphatic carbocycles. The van der Waals surface area contributed by atoms with Crippen molar-refractivity contribution in [2.75, 3.05) is 6.54 Å². The quantitative estimate of drug-likeness (QED) is 0.573. The molecule has 0 unspecified atom stereocenters. The Kier molecular flexibility index (Phi) is 3.54. The molecule has 12 heavy (non-hydrogen) atoms. The zero-order chi connectivity index (χ0) is 8.81. The number of hydrogen-bond donors (Lipinski definition) is 1. The van der Waals surface area contributed by atoms with E-state index in [1.807, 2.05) is 12.1 Å². The van der Waals surface area contributed by atoms with Crippen LogP contribution in [-0.4, -0.2) is 16.9 Å². The molecule has 0 fully saturated rings. The van der Waals surface area contributed by atoms with E-state index in [4.69, 9.17) is 11.6 Å². The number of amides is 1. The summed E-state index contributed by atoms with van der Waals surface area (Å²) in [7, 11) is 0. The van der Waals surface area contributed by atoms with E-state index in [-0.39, 0.29) is 0 Å². The zero-order valence-corrected chi connectivity index (χ0v) is 7.21. The highest BCUT2D eigenvalue weighted by atomic mass is 35.5. The highest BCUT2D eigenvalue weighted by Gasteiger charge is 1.94. The molecule has 1 amide bonds. The third-order valence-electron chi connectivity index (χ3n) is 1.40. The topological polar surface area (TPSA) is 42.0 Å². The molecule has 0 saturated carbocycles. The third-order valence-corrected chi connectivity index (χ3v) is 1.53. The van der Waals surface area contributed by atoms with Crippen LogP contribution in [0.1, 0.15) is 5.56 Å². The van der Waals surface area contributed by atoms with Crippen LogP contribution < -0.4 is 5.32 Å². The van der Waals surface area contributed by atoms with Crippen LogP contribution in [0.5, 0.6) is 0 Å². The number of nitrogens with zero attached hydrogens (tertiary/aromatic N) is 1. The number of nitrogens with one attached hydrogen (secondary N) is 1. The van der Waals surface area contributed by atoms with Crippen molar-refractivity contribution in [1.29, 1.82) is 0 Å². The Morgan fingerprint density at radius 2 is 2.50 bits per heavy atom. The molecular weight excluding hydrogens is 176 g/mol. The monoisotopic (exact) mass is 184 g/mol. The van der Waals surface area contributed by atoms with Gasteiger partial charge in [-0.1, -0.05) is 6.07 Å². The van der Waals surface area contributed by atoms with Gasteiger partial charge in [0.15, 0.2) is 0 Å². The zero-order valence-electron chi connectivity index (χ0n) is 6.46. The molecule has 3 nitrogen and oxygen atoms in total. The molecule has 0 atom stereocenters. The number of hydrogen-bond acceptors (Lipinski definition) is 2. The Labute approximate surface area is 75.8 Å². The maximum absolute atomic E-state index is 10.3. The molecule has 0 bridgehead atoms. The van der Waals surface area contributed by atoms with Gasteiger partial charge in [0.25, 0.3) is 0 Å². The SMILES string of the molecule is O=C(Cl)NCCc1cccnc1. The number of carbonyl (C=O) groups excluding carboxylic acids is 1. The Hall–Kier alpha value is -1.09. The minimum atomic E-state index is -0.515. The van der Waals surface area contributed by atoms with Crippen molar-refractivity contribution in [1.82, 2.24) is 10.3 Å². The van der Waals surface area contributed by atoms with Crippen LogP contribution in [0.15, 0.2) is 24.5 Å². The molecule has 1 rings (SSSR count). The molecule has 0 aromatic carbocycles. The molecule has 0 aliphatic heterocycles. The smallest absolute Gasteiger partial charge is 0.313 e. The van der Waals surface area contributed by atoms with Gasteiger partial charge in [-0.05, 0) is 29.7 Å². The summed E-state index contributed by atoms with van der Waals surface area (Å²) in [5.74, 6) is 0. The molecule has 4 heteroatoms. The first-order valence-corrected chi connectivity index (χ1v) is 3.99. The minimum Gasteiger partial charge on any atom is -0.342 e. The maximum atomic E-state index is 10.3. The molecule has 1 aromatic heterocycles. The van der Waals surface area contributed by atoms with Crippen molar-refractivity contribution in [3.8, 4) is 0 Å². The molecule has 1 N–H and O–H groups in total. The summed E-state index contributed by atoms with van der Waals surface area (Å²) < 4.78 is 0. The first-order valence-electron chi connectivity index (χ1n) is 3.61. The molecule has 0 radical (unpaired) electrons. The largest absolute Gasteiger partial charge is 0.342 e. The van der Waals surface area contributed by atoms with Gasteiger partial charge >= 0.3 is 5.37 Å². The van der Waals surface area contributed by atoms with Crippen LogP contribution in [0.25, 0.3) is 0 Å². The van der Waals surface area contributed by atoms with Crippen molar-refractivity contribution in [2.24, 2.45) is 0 Å². The molecule has 64 valence electrons. The second-order valence-electron chi connectivity index (χ2n) is 2.31. The predicted octanol–water partition coefficient (Wildman–Crippen LogP) is 1.57. The molecular formula is C8H9ClN2O. The van der Waals surface area contributed by atoms with Gasteiger partial charge in [0.1, 0.15) is 0 Å². The average molecular weight is 185 g/mol. The van der Waals surface area contributed by atoms with Crippen LogP contribution in [0, 0.1) is 0 Å². The summed E-state index contributed by atoms with van der Waals surface area (Å²) in [4.78, 5) is 14.2. The Morgan fingerprint density at radius 3 is 3.08 bits per heavy atom. The summed E-state index contributed by atoms with van der Waals surface area (Å²) in [6.07, 6.45) is 4.23. The summed E-state index contributed by atoms with van der Waals surface area (Å²) in [5, 5.41) is 1.98. The highest BCUT2D eigenvalue weighted by molar-refractivity contribution is 6.62. The van der Waals surface area contributed by atoms with Crippen LogP contribution in [0.3, 0.4) is 0 Å². The Morgan fingerprint density at radius 1 is 1.67 bits per heavy atom. The van der Waals surface area contributed by atoms with E-state index in [1.54, 1.807) is 12.4 Å². The number of carbonyl (C=O) groups is 1. The number of halogens is 1. The predicted molar refractivity (Wildman–Crippen MR) is 47.2 cm³/mol. The molecule has 1 heterocycles. The first-order chi connectivity index (χ1) is 5.79. The lowest BCUT2D eigenvalue weighted by Crippen LogP contribution is -2.19. The molecule has 1 aromatic rings. The first kappa shape index (κ1) is 9.00. The fourth-order valence-electron chi connectivity index (χ4n) is 0.851. The van der Waals surface area contributed by atoms with Gasteiger partial charge in [0.05, 0.1) is 0 Å². The van der Waals surface area contributed by atoms with E-state index in [2.05, 4.69) is 10.3 Å². The fraction of sp³-hybridized carbons (Fsp3) is 0.250. The van der Waals surface area contributed by atoms with Crippen LogP contribution in [-0.2, 0) is 6.42 Å². The van der Waals surface area contributed by atoms with Gasteiger partial charge in [-0.15, -0.1) is 0 Å². The minimum absolute atomic E-state index is 0.515. The van der Waals surface area contributed by atoms with E-state index >= 15 is 0 Å². The maximum Gasteiger partial charge on any atom is 0.313 e. The second kappa shape index (κ2) is 4.72. The van der Waals surface area contributed by atoms with Crippen molar-refractivity contribution >= 4 is 17.0 Å². The summed E-state index contributed by atoms with van der Waals surface area (Å²) in [5.41, 5.74) is 1.09. The lowest BCUT2D eigenvalue weighted by molar-refractivity contribution is 0.260. The number of pyridine rings is 1. The lowest BCUT2D eigenvalue weighted by Gasteiger charge is -1.99. The summed E-state index contributed by atoms with van der Waals surface area (Å²) in [6.45, 7) is 0.550. The second-order valence-corrected chi connectivity index (χ2v) is 2.66. The van der Waals surface area contributed by atoms with Crippen molar-refractivity contribution in [3.63, 3.8) is 0 Å². The third kappa shape index (κ3) is 3.34. The molecule has 0 aliphatic rings. The van der Waals surface area contributed by atoms with Crippen LogP contribution >= 0.6 is 11.6 Å². The molecule has 0 spiro atoms. The van der Waals surface area contributed by atoms with Gasteiger partial charge in [-0.3, -0.25) is 9.78 Å². The summed E-state index contributed by atoms with van der Waals surface area (Å²) >= 11 is 5.08. The standard InChI is InChI=1S/C8H9ClN2O/c9-8(12)11-5-3-7-2-1-4-10-6-7/h1-2,4,6H,3,5H2,(H,11,12). The van der Waals surface area contributed by atoms with Crippen LogP contribution in [0.2, 0.25) is 0 Å². The average Bonchev–Trinajstić information content (AvgIpc) is 2.05. The fourth-order valence-corrected chi connectivity index (χ4v) is 0.946. The molecule has 0 saturated heterocycles. The van der Waals surface area contributed by atoms with E-state index in [9.17, 15) is 4.79 Å². The van der Waals surface area contributed by atoms with E-state index in [1.165, 1.54) is 0 Å².